The third kappa shape index (κ3) is 4.77. The molecule has 0 bridgehead atoms. The Hall–Kier alpha value is -0.970. The molecule has 1 aromatic rings. The maximum Gasteiger partial charge on any atom is 0.239 e. The topological polar surface area (TPSA) is 49.6 Å². The number of halogens is 2. The summed E-state index contributed by atoms with van der Waals surface area (Å²) in [7, 11) is 0. The van der Waals surface area contributed by atoms with E-state index in [1.54, 1.807) is 0 Å². The lowest BCUT2D eigenvalue weighted by Crippen LogP contribution is -2.54. The third-order valence-electron chi connectivity index (χ3n) is 4.05. The van der Waals surface area contributed by atoms with Crippen molar-refractivity contribution in [1.29, 1.82) is 0 Å². The lowest BCUT2D eigenvalue weighted by molar-refractivity contribution is -0.133. The van der Waals surface area contributed by atoms with E-state index < -0.39 is 0 Å². The molecule has 1 amide bonds. The van der Waals surface area contributed by atoms with Crippen LogP contribution in [0.2, 0.25) is 0 Å². The molecule has 0 radical (unpaired) electrons. The van der Waals surface area contributed by atoms with E-state index in [4.69, 9.17) is 5.73 Å². The Balaban J connectivity index is 0.00000220. The summed E-state index contributed by atoms with van der Waals surface area (Å²) in [6.45, 7) is 9.38. The smallest absolute Gasteiger partial charge is 0.239 e. The number of carbonyl (C=O) groups excluding carboxylic acids is 1. The number of carbonyl (C=O) groups is 1. The monoisotopic (exact) mass is 347 g/mol. The van der Waals surface area contributed by atoms with Gasteiger partial charge >= 0.3 is 0 Å². The van der Waals surface area contributed by atoms with Gasteiger partial charge in [0.1, 0.15) is 0 Å². The Bertz CT molecular complexity index is 474. The van der Waals surface area contributed by atoms with Crippen LogP contribution in [0.5, 0.6) is 0 Å². The first-order valence-corrected chi connectivity index (χ1v) is 7.35. The predicted octanol–water partition coefficient (Wildman–Crippen LogP) is 2.47. The fraction of sp³-hybridized carbons (Fsp3) is 0.562. The Morgan fingerprint density at radius 1 is 1.09 bits per heavy atom. The van der Waals surface area contributed by atoms with Crippen molar-refractivity contribution in [2.24, 2.45) is 11.7 Å². The summed E-state index contributed by atoms with van der Waals surface area (Å²) in [5, 5.41) is 0. The summed E-state index contributed by atoms with van der Waals surface area (Å²) in [6, 6.07) is 8.02. The van der Waals surface area contributed by atoms with Gasteiger partial charge in [-0.3, -0.25) is 4.79 Å². The molecule has 1 atom stereocenters. The van der Waals surface area contributed by atoms with Crippen LogP contribution >= 0.6 is 24.8 Å². The number of hydrogen-bond acceptors (Lipinski definition) is 3. The van der Waals surface area contributed by atoms with E-state index >= 15 is 0 Å². The van der Waals surface area contributed by atoms with Gasteiger partial charge in [0.2, 0.25) is 5.91 Å². The molecule has 1 fully saturated rings. The van der Waals surface area contributed by atoms with Gasteiger partial charge in [0.15, 0.2) is 0 Å². The maximum absolute atomic E-state index is 12.2. The van der Waals surface area contributed by atoms with Gasteiger partial charge in [-0.2, -0.15) is 0 Å². The molecule has 6 heteroatoms. The number of nitrogens with two attached hydrogens (primary N) is 1. The molecule has 0 saturated carbocycles. The molecule has 1 saturated heterocycles. The van der Waals surface area contributed by atoms with Crippen molar-refractivity contribution in [1.82, 2.24) is 4.90 Å². The second-order valence-electron chi connectivity index (χ2n) is 5.87. The van der Waals surface area contributed by atoms with Gasteiger partial charge in [0.25, 0.3) is 0 Å². The first-order chi connectivity index (χ1) is 9.50. The van der Waals surface area contributed by atoms with Crippen LogP contribution in [0.3, 0.4) is 0 Å². The fourth-order valence-corrected chi connectivity index (χ4v) is 2.58. The normalized spacial score (nSPS) is 15.9. The third-order valence-corrected chi connectivity index (χ3v) is 4.05. The maximum atomic E-state index is 12.2. The minimum Gasteiger partial charge on any atom is -0.368 e. The number of rotatable bonds is 3. The van der Waals surface area contributed by atoms with Crippen molar-refractivity contribution >= 4 is 36.4 Å². The van der Waals surface area contributed by atoms with Crippen molar-refractivity contribution in [3.05, 3.63) is 29.8 Å². The van der Waals surface area contributed by atoms with Crippen LogP contribution in [0.25, 0.3) is 0 Å². The van der Waals surface area contributed by atoms with Gasteiger partial charge in [0.05, 0.1) is 6.04 Å². The zero-order valence-electron chi connectivity index (χ0n) is 13.5. The molecule has 22 heavy (non-hydrogen) atoms. The molecule has 2 rings (SSSR count). The first kappa shape index (κ1) is 21.0. The molecular weight excluding hydrogens is 321 g/mol. The molecule has 126 valence electrons. The van der Waals surface area contributed by atoms with Crippen LogP contribution in [-0.2, 0) is 4.79 Å². The van der Waals surface area contributed by atoms with Gasteiger partial charge in [-0.15, -0.1) is 24.8 Å². The standard InChI is InChI=1S/C16H25N3O.2ClH/c1-12(2)15(17)16(20)19-10-8-18(9-11-19)14-7-5-4-6-13(14)3;;/h4-7,12,15H,8-11,17H2,1-3H3;2*1H/t15-;;/m0../s1. The minimum atomic E-state index is -0.375. The number of anilines is 1. The highest BCUT2D eigenvalue weighted by molar-refractivity contribution is 5.85. The Kier molecular flexibility index (Phi) is 8.83. The van der Waals surface area contributed by atoms with Crippen molar-refractivity contribution in [3.8, 4) is 0 Å². The van der Waals surface area contributed by atoms with Crippen molar-refractivity contribution in [2.75, 3.05) is 31.1 Å². The number of para-hydroxylation sites is 1. The van der Waals surface area contributed by atoms with E-state index in [0.717, 1.165) is 26.2 Å². The number of benzene rings is 1. The second-order valence-corrected chi connectivity index (χ2v) is 5.87. The zero-order valence-corrected chi connectivity index (χ0v) is 15.1. The molecule has 0 aromatic heterocycles. The van der Waals surface area contributed by atoms with Crippen LogP contribution in [0.4, 0.5) is 5.69 Å². The molecule has 0 unspecified atom stereocenters. The Labute approximate surface area is 145 Å². The van der Waals surface area contributed by atoms with Crippen molar-refractivity contribution in [3.63, 3.8) is 0 Å². The lowest BCUT2D eigenvalue weighted by atomic mass is 10.0. The molecule has 2 N–H and O–H groups in total. The number of nitrogens with zero attached hydrogens (tertiary/aromatic N) is 2. The van der Waals surface area contributed by atoms with E-state index in [9.17, 15) is 4.79 Å². The average molecular weight is 348 g/mol. The van der Waals surface area contributed by atoms with E-state index in [0.29, 0.717) is 0 Å². The second kappa shape index (κ2) is 9.23. The molecular formula is C16H27Cl2N3O. The van der Waals surface area contributed by atoms with Crippen molar-refractivity contribution < 1.29 is 4.79 Å². The molecule has 1 aromatic carbocycles. The number of amides is 1. The highest BCUT2D eigenvalue weighted by Gasteiger charge is 2.27. The van der Waals surface area contributed by atoms with E-state index in [-0.39, 0.29) is 42.7 Å². The van der Waals surface area contributed by atoms with Crippen LogP contribution in [-0.4, -0.2) is 43.0 Å². The predicted molar refractivity (Wildman–Crippen MR) is 97.3 cm³/mol. The first-order valence-electron chi connectivity index (χ1n) is 7.35. The number of aryl methyl sites for hydroxylation is 1. The zero-order chi connectivity index (χ0) is 14.7. The molecule has 0 aliphatic carbocycles. The van der Waals surface area contributed by atoms with Crippen LogP contribution in [0, 0.1) is 12.8 Å². The summed E-state index contributed by atoms with van der Waals surface area (Å²) < 4.78 is 0. The molecule has 1 heterocycles. The van der Waals surface area contributed by atoms with Gasteiger partial charge < -0.3 is 15.5 Å². The van der Waals surface area contributed by atoms with Crippen LogP contribution in [0.15, 0.2) is 24.3 Å². The summed E-state index contributed by atoms with van der Waals surface area (Å²) >= 11 is 0. The summed E-state index contributed by atoms with van der Waals surface area (Å²) in [6.07, 6.45) is 0. The van der Waals surface area contributed by atoms with Gasteiger partial charge in [-0.25, -0.2) is 0 Å². The van der Waals surface area contributed by atoms with E-state index in [2.05, 4.69) is 36.1 Å². The van der Waals surface area contributed by atoms with Crippen molar-refractivity contribution in [2.45, 2.75) is 26.8 Å². The summed E-state index contributed by atoms with van der Waals surface area (Å²) in [5.41, 5.74) is 8.51. The molecule has 1 aliphatic rings. The molecule has 1 aliphatic heterocycles. The minimum absolute atomic E-state index is 0. The van der Waals surface area contributed by atoms with Crippen LogP contribution in [0.1, 0.15) is 19.4 Å². The van der Waals surface area contributed by atoms with E-state index in [1.165, 1.54) is 11.3 Å². The number of piperazine rings is 1. The average Bonchev–Trinajstić information content (AvgIpc) is 2.46. The summed E-state index contributed by atoms with van der Waals surface area (Å²) in [5.74, 6) is 0.279. The van der Waals surface area contributed by atoms with Crippen LogP contribution < -0.4 is 10.6 Å². The highest BCUT2D eigenvalue weighted by Crippen LogP contribution is 2.21. The SMILES string of the molecule is Cc1ccccc1N1CCN(C(=O)[C@@H](N)C(C)C)CC1.Cl.Cl. The Morgan fingerprint density at radius 2 is 1.64 bits per heavy atom. The molecule has 4 nitrogen and oxygen atoms in total. The number of hydrogen-bond donors (Lipinski definition) is 1. The highest BCUT2D eigenvalue weighted by atomic mass is 35.5. The van der Waals surface area contributed by atoms with Gasteiger partial charge in [0, 0.05) is 31.9 Å². The quantitative estimate of drug-likeness (QED) is 0.913. The van der Waals surface area contributed by atoms with E-state index in [1.807, 2.05) is 18.7 Å². The largest absolute Gasteiger partial charge is 0.368 e. The van der Waals surface area contributed by atoms with Gasteiger partial charge in [-0.1, -0.05) is 32.0 Å². The lowest BCUT2D eigenvalue weighted by Gasteiger charge is -2.38. The molecule has 0 spiro atoms. The summed E-state index contributed by atoms with van der Waals surface area (Å²) in [4.78, 5) is 16.5. The fourth-order valence-electron chi connectivity index (χ4n) is 2.58. The van der Waals surface area contributed by atoms with Gasteiger partial charge in [-0.05, 0) is 24.5 Å². The Morgan fingerprint density at radius 3 is 2.14 bits per heavy atom.